The summed E-state index contributed by atoms with van der Waals surface area (Å²) in [6.07, 6.45) is 1.95. The van der Waals surface area contributed by atoms with Gasteiger partial charge in [0.2, 0.25) is 0 Å². The van der Waals surface area contributed by atoms with E-state index >= 15 is 0 Å². The van der Waals surface area contributed by atoms with Crippen LogP contribution < -0.4 is 0 Å². The molecule has 10 heavy (non-hydrogen) atoms. The predicted octanol–water partition coefficient (Wildman–Crippen LogP) is 2.05. The summed E-state index contributed by atoms with van der Waals surface area (Å²) < 4.78 is 0.882. The summed E-state index contributed by atoms with van der Waals surface area (Å²) in [6.45, 7) is 0.922. The van der Waals surface area contributed by atoms with E-state index in [1.165, 1.54) is 0 Å². The monoisotopic (exact) mass is 182 g/mol. The fraction of sp³-hybridized carbons (Fsp3) is 0.714. The second-order valence-electron chi connectivity index (χ2n) is 3.26. The minimum atomic E-state index is 0.418. The van der Waals surface area contributed by atoms with E-state index < -0.39 is 0 Å². The molecule has 0 radical (unpaired) electrons. The second-order valence-corrected chi connectivity index (χ2v) is 4.01. The topological polar surface area (TPSA) is 0 Å². The van der Waals surface area contributed by atoms with Crippen LogP contribution in [0.1, 0.15) is 0 Å². The molecule has 0 aromatic rings. The van der Waals surface area contributed by atoms with Crippen molar-refractivity contribution in [2.24, 2.45) is 0 Å². The van der Waals surface area contributed by atoms with E-state index in [1.807, 2.05) is 6.08 Å². The Morgan fingerprint density at radius 1 is 1.40 bits per heavy atom. The molecule has 0 N–H and O–H groups in total. The van der Waals surface area contributed by atoms with Crippen molar-refractivity contribution in [2.45, 2.75) is 0 Å². The Kier molecular flexibility index (Phi) is 4.34. The molecule has 0 aromatic carbocycles. The molecule has 0 rings (SSSR count). The number of likely N-dealkylation sites (N-methyl/N-ethyl adjacent to an activating group) is 1. The molecule has 0 fully saturated rings. The molecule has 60 valence electrons. The zero-order valence-electron chi connectivity index (χ0n) is 6.69. The first kappa shape index (κ1) is 10.3. The van der Waals surface area contributed by atoms with E-state index in [-0.39, 0.29) is 0 Å². The van der Waals surface area contributed by atoms with Crippen molar-refractivity contribution in [1.82, 2.24) is 0 Å². The molecular formula is C7H14Cl2N+. The lowest BCUT2D eigenvalue weighted by atomic mass is 10.4. The minimum Gasteiger partial charge on any atom is -0.328 e. The summed E-state index contributed by atoms with van der Waals surface area (Å²) in [4.78, 5) is 0. The molecule has 0 aromatic heterocycles. The third-order valence-electron chi connectivity index (χ3n) is 0.988. The highest BCUT2D eigenvalue weighted by Crippen LogP contribution is 2.04. The van der Waals surface area contributed by atoms with Gasteiger partial charge in [-0.1, -0.05) is 11.6 Å². The Hall–Kier alpha value is 0.280. The number of rotatable bonds is 3. The average molecular weight is 183 g/mol. The minimum absolute atomic E-state index is 0.418. The normalized spacial score (nSPS) is 13.9. The fourth-order valence-corrected chi connectivity index (χ4v) is 0.606. The lowest BCUT2D eigenvalue weighted by Gasteiger charge is -2.21. The van der Waals surface area contributed by atoms with Gasteiger partial charge in [0.25, 0.3) is 0 Å². The maximum Gasteiger partial charge on any atom is 0.0982 e. The van der Waals surface area contributed by atoms with Gasteiger partial charge in [0.1, 0.15) is 0 Å². The van der Waals surface area contributed by atoms with Crippen molar-refractivity contribution in [2.75, 3.05) is 33.6 Å². The van der Waals surface area contributed by atoms with Crippen LogP contribution in [0.2, 0.25) is 0 Å². The van der Waals surface area contributed by atoms with Crippen LogP contribution >= 0.6 is 23.2 Å². The average Bonchev–Trinajstić information content (AvgIpc) is 1.81. The van der Waals surface area contributed by atoms with Gasteiger partial charge in [0.05, 0.1) is 33.6 Å². The Labute approximate surface area is 72.8 Å². The van der Waals surface area contributed by atoms with Crippen LogP contribution in [0, 0.1) is 0 Å². The summed E-state index contributed by atoms with van der Waals surface area (Å²) in [5.74, 6) is 0.418. The Bertz CT molecular complexity index is 124. The van der Waals surface area contributed by atoms with Gasteiger partial charge in [0.15, 0.2) is 0 Å². The van der Waals surface area contributed by atoms with Gasteiger partial charge in [-0.25, -0.2) is 0 Å². The van der Waals surface area contributed by atoms with Crippen LogP contribution in [-0.2, 0) is 0 Å². The number of quaternary nitrogens is 1. The van der Waals surface area contributed by atoms with Crippen molar-refractivity contribution in [3.05, 3.63) is 11.1 Å². The van der Waals surface area contributed by atoms with Crippen molar-refractivity contribution >= 4 is 23.2 Å². The van der Waals surface area contributed by atoms with E-state index in [4.69, 9.17) is 23.2 Å². The van der Waals surface area contributed by atoms with Gasteiger partial charge in [-0.05, 0) is 6.08 Å². The molecule has 0 heterocycles. The van der Waals surface area contributed by atoms with E-state index in [2.05, 4.69) is 21.1 Å². The summed E-state index contributed by atoms with van der Waals surface area (Å²) in [7, 11) is 6.32. The largest absolute Gasteiger partial charge is 0.328 e. The van der Waals surface area contributed by atoms with Crippen LogP contribution in [0.3, 0.4) is 0 Å². The third kappa shape index (κ3) is 6.40. The maximum absolute atomic E-state index is 5.69. The lowest BCUT2D eigenvalue weighted by molar-refractivity contribution is -0.864. The van der Waals surface area contributed by atoms with E-state index in [1.54, 1.807) is 0 Å². The number of allylic oxidation sites excluding steroid dienone is 1. The van der Waals surface area contributed by atoms with Gasteiger partial charge >= 0.3 is 0 Å². The summed E-state index contributed by atoms with van der Waals surface area (Å²) >= 11 is 11.2. The summed E-state index contributed by atoms with van der Waals surface area (Å²) in [5.41, 5.74) is 0. The first-order chi connectivity index (χ1) is 4.45. The van der Waals surface area contributed by atoms with E-state index in [0.717, 1.165) is 16.1 Å². The summed E-state index contributed by atoms with van der Waals surface area (Å²) in [6, 6.07) is 0. The zero-order valence-corrected chi connectivity index (χ0v) is 8.21. The smallest absolute Gasteiger partial charge is 0.0982 e. The zero-order chi connectivity index (χ0) is 8.20. The molecule has 3 heteroatoms. The second kappa shape index (κ2) is 4.22. The molecular weight excluding hydrogens is 169 g/mol. The molecule has 0 amide bonds. The first-order valence-corrected chi connectivity index (χ1v) is 4.08. The van der Waals surface area contributed by atoms with Gasteiger partial charge in [-0.15, -0.1) is 11.6 Å². The molecule has 0 aliphatic heterocycles. The fourth-order valence-electron chi connectivity index (χ4n) is 0.427. The van der Waals surface area contributed by atoms with E-state index in [9.17, 15) is 0 Å². The number of alkyl halides is 1. The van der Waals surface area contributed by atoms with Crippen molar-refractivity contribution in [3.63, 3.8) is 0 Å². The van der Waals surface area contributed by atoms with Crippen molar-refractivity contribution in [1.29, 1.82) is 0 Å². The highest BCUT2D eigenvalue weighted by molar-refractivity contribution is 6.35. The molecule has 0 bridgehead atoms. The highest BCUT2D eigenvalue weighted by Gasteiger charge is 2.03. The summed E-state index contributed by atoms with van der Waals surface area (Å²) in [5, 5.41) is 0.731. The number of hydrogen-bond donors (Lipinski definition) is 0. The Morgan fingerprint density at radius 2 is 1.90 bits per heavy atom. The SMILES string of the molecule is C[N+](C)(C)C/C=C(\Cl)CCl. The van der Waals surface area contributed by atoms with Crippen LogP contribution in [0.4, 0.5) is 0 Å². The van der Waals surface area contributed by atoms with Gasteiger partial charge in [-0.3, -0.25) is 0 Å². The Morgan fingerprint density at radius 3 is 2.20 bits per heavy atom. The van der Waals surface area contributed by atoms with Crippen LogP contribution in [0.15, 0.2) is 11.1 Å². The van der Waals surface area contributed by atoms with Gasteiger partial charge < -0.3 is 4.48 Å². The van der Waals surface area contributed by atoms with Crippen LogP contribution in [0.5, 0.6) is 0 Å². The number of halogens is 2. The maximum atomic E-state index is 5.69. The number of hydrogen-bond acceptors (Lipinski definition) is 0. The van der Waals surface area contributed by atoms with Crippen LogP contribution in [-0.4, -0.2) is 38.1 Å². The molecule has 1 nitrogen and oxygen atoms in total. The lowest BCUT2D eigenvalue weighted by Crippen LogP contribution is -2.34. The molecule has 0 spiro atoms. The standard InChI is InChI=1S/C7H14Cl2N/c1-10(2,3)5-4-7(9)6-8/h4H,5-6H2,1-3H3/q+1/b7-4-. The molecule has 0 saturated heterocycles. The third-order valence-corrected chi connectivity index (χ3v) is 1.70. The van der Waals surface area contributed by atoms with Crippen LogP contribution in [0.25, 0.3) is 0 Å². The quantitative estimate of drug-likeness (QED) is 0.464. The van der Waals surface area contributed by atoms with Gasteiger partial charge in [-0.2, -0.15) is 0 Å². The Balaban J connectivity index is 3.73. The van der Waals surface area contributed by atoms with Crippen molar-refractivity contribution in [3.8, 4) is 0 Å². The van der Waals surface area contributed by atoms with Crippen molar-refractivity contribution < 1.29 is 4.48 Å². The highest BCUT2D eigenvalue weighted by atomic mass is 35.5. The molecule has 0 unspecified atom stereocenters. The first-order valence-electron chi connectivity index (χ1n) is 3.16. The molecule has 0 aliphatic rings. The predicted molar refractivity (Wildman–Crippen MR) is 47.6 cm³/mol. The molecule has 0 atom stereocenters. The number of nitrogens with zero attached hydrogens (tertiary/aromatic N) is 1. The van der Waals surface area contributed by atoms with E-state index in [0.29, 0.717) is 5.88 Å². The molecule has 0 saturated carbocycles. The molecule has 0 aliphatic carbocycles. The van der Waals surface area contributed by atoms with Gasteiger partial charge in [0, 0.05) is 5.03 Å².